The van der Waals surface area contributed by atoms with E-state index in [0.29, 0.717) is 5.92 Å². The molecular formula is C18H20N2O2. The van der Waals surface area contributed by atoms with E-state index in [2.05, 4.69) is 19.9 Å². The molecule has 3 rings (SSSR count). The largest absolute Gasteiger partial charge is 0.497 e. The molecule has 2 aromatic carbocycles. The highest BCUT2D eigenvalue weighted by atomic mass is 16.5. The summed E-state index contributed by atoms with van der Waals surface area (Å²) in [5.74, 6) is 2.04. The van der Waals surface area contributed by atoms with Crippen LogP contribution in [-0.4, -0.2) is 24.0 Å². The zero-order chi connectivity index (χ0) is 15.7. The number of ether oxygens (including phenoxy) is 2. The number of fused-ring (bicyclic) bond motifs is 1. The third kappa shape index (κ3) is 2.41. The first-order valence-corrected chi connectivity index (χ1v) is 7.35. The topological polar surface area (TPSA) is 36.3 Å². The second-order valence-corrected chi connectivity index (χ2v) is 5.53. The zero-order valence-corrected chi connectivity index (χ0v) is 13.3. The summed E-state index contributed by atoms with van der Waals surface area (Å²) in [6.45, 7) is 4.35. The predicted molar refractivity (Wildman–Crippen MR) is 88.3 cm³/mol. The van der Waals surface area contributed by atoms with Gasteiger partial charge < -0.3 is 9.47 Å². The van der Waals surface area contributed by atoms with Crippen LogP contribution in [0.25, 0.3) is 16.6 Å². The van der Waals surface area contributed by atoms with Crippen LogP contribution in [0.1, 0.15) is 25.5 Å². The number of hydrogen-bond acceptors (Lipinski definition) is 3. The van der Waals surface area contributed by atoms with Gasteiger partial charge in [-0.3, -0.25) is 0 Å². The Morgan fingerprint density at radius 2 is 1.55 bits per heavy atom. The molecule has 0 unspecified atom stereocenters. The summed E-state index contributed by atoms with van der Waals surface area (Å²) in [4.78, 5) is 0. The van der Waals surface area contributed by atoms with E-state index in [4.69, 9.17) is 14.6 Å². The van der Waals surface area contributed by atoms with Crippen LogP contribution in [0.4, 0.5) is 0 Å². The number of nitrogens with zero attached hydrogens (tertiary/aromatic N) is 2. The second-order valence-electron chi connectivity index (χ2n) is 5.53. The highest BCUT2D eigenvalue weighted by Gasteiger charge is 2.16. The number of methoxy groups -OCH3 is 2. The first-order chi connectivity index (χ1) is 10.6. The lowest BCUT2D eigenvalue weighted by atomic mass is 10.1. The van der Waals surface area contributed by atoms with Crippen molar-refractivity contribution in [3.05, 3.63) is 48.2 Å². The van der Waals surface area contributed by atoms with Gasteiger partial charge in [0.25, 0.3) is 0 Å². The highest BCUT2D eigenvalue weighted by Crippen LogP contribution is 2.31. The zero-order valence-electron chi connectivity index (χ0n) is 13.3. The third-order valence-corrected chi connectivity index (χ3v) is 3.78. The molecule has 0 radical (unpaired) electrons. The lowest BCUT2D eigenvalue weighted by Crippen LogP contribution is -2.03. The first-order valence-electron chi connectivity index (χ1n) is 7.35. The van der Waals surface area contributed by atoms with Crippen molar-refractivity contribution in [3.8, 4) is 17.2 Å². The van der Waals surface area contributed by atoms with Crippen LogP contribution in [0.3, 0.4) is 0 Å². The van der Waals surface area contributed by atoms with Crippen molar-refractivity contribution in [1.29, 1.82) is 0 Å². The van der Waals surface area contributed by atoms with Crippen molar-refractivity contribution in [2.75, 3.05) is 14.2 Å². The molecule has 3 aromatic rings. The van der Waals surface area contributed by atoms with E-state index < -0.39 is 0 Å². The number of rotatable bonds is 4. The molecular weight excluding hydrogens is 276 g/mol. The molecule has 0 saturated carbocycles. The SMILES string of the molecule is COc1ccc(-n2nc3ccc(OC)cc3c2C(C)C)cc1. The summed E-state index contributed by atoms with van der Waals surface area (Å²) in [6.07, 6.45) is 0. The average Bonchev–Trinajstić information content (AvgIpc) is 2.93. The summed E-state index contributed by atoms with van der Waals surface area (Å²) in [5, 5.41) is 5.89. The van der Waals surface area contributed by atoms with Gasteiger partial charge in [-0.2, -0.15) is 5.10 Å². The molecule has 4 heteroatoms. The van der Waals surface area contributed by atoms with Gasteiger partial charge in [-0.25, -0.2) is 4.68 Å². The number of aromatic nitrogens is 2. The molecule has 0 aliphatic heterocycles. The van der Waals surface area contributed by atoms with Crippen molar-refractivity contribution in [2.24, 2.45) is 0 Å². The van der Waals surface area contributed by atoms with E-state index in [-0.39, 0.29) is 0 Å². The molecule has 0 N–H and O–H groups in total. The van der Waals surface area contributed by atoms with Crippen LogP contribution in [0.5, 0.6) is 11.5 Å². The molecule has 0 bridgehead atoms. The maximum absolute atomic E-state index is 5.35. The molecule has 0 aliphatic carbocycles. The monoisotopic (exact) mass is 296 g/mol. The summed E-state index contributed by atoms with van der Waals surface area (Å²) in [5.41, 5.74) is 3.18. The lowest BCUT2D eigenvalue weighted by molar-refractivity contribution is 0.414. The van der Waals surface area contributed by atoms with Gasteiger partial charge in [0.1, 0.15) is 11.5 Å². The van der Waals surface area contributed by atoms with E-state index in [1.54, 1.807) is 14.2 Å². The Hall–Kier alpha value is -2.49. The van der Waals surface area contributed by atoms with E-state index in [9.17, 15) is 0 Å². The van der Waals surface area contributed by atoms with Gasteiger partial charge in [-0.1, -0.05) is 13.8 Å². The fourth-order valence-corrected chi connectivity index (χ4v) is 2.69. The Balaban J connectivity index is 2.21. The summed E-state index contributed by atoms with van der Waals surface area (Å²) in [6, 6.07) is 13.9. The molecule has 1 aromatic heterocycles. The van der Waals surface area contributed by atoms with E-state index in [0.717, 1.165) is 28.1 Å². The van der Waals surface area contributed by atoms with E-state index in [1.165, 1.54) is 5.69 Å². The first kappa shape index (κ1) is 14.4. The molecule has 0 spiro atoms. The quantitative estimate of drug-likeness (QED) is 0.725. The number of hydrogen-bond donors (Lipinski definition) is 0. The number of benzene rings is 2. The second kappa shape index (κ2) is 5.72. The van der Waals surface area contributed by atoms with Gasteiger partial charge >= 0.3 is 0 Å². The molecule has 1 heterocycles. The summed E-state index contributed by atoms with van der Waals surface area (Å²) in [7, 11) is 3.35. The Morgan fingerprint density at radius 3 is 2.14 bits per heavy atom. The summed E-state index contributed by atoms with van der Waals surface area (Å²) < 4.78 is 12.6. The average molecular weight is 296 g/mol. The van der Waals surface area contributed by atoms with Crippen molar-refractivity contribution in [1.82, 2.24) is 9.78 Å². The molecule has 114 valence electrons. The highest BCUT2D eigenvalue weighted by molar-refractivity contribution is 5.84. The van der Waals surface area contributed by atoms with Crippen molar-refractivity contribution in [3.63, 3.8) is 0 Å². The third-order valence-electron chi connectivity index (χ3n) is 3.78. The Bertz CT molecular complexity index is 789. The fourth-order valence-electron chi connectivity index (χ4n) is 2.69. The Kier molecular flexibility index (Phi) is 3.75. The van der Waals surface area contributed by atoms with Crippen LogP contribution >= 0.6 is 0 Å². The van der Waals surface area contributed by atoms with Crippen LogP contribution in [0.2, 0.25) is 0 Å². The molecule has 0 fully saturated rings. The van der Waals surface area contributed by atoms with Gasteiger partial charge in [0.2, 0.25) is 0 Å². The van der Waals surface area contributed by atoms with Gasteiger partial charge in [-0.05, 0) is 48.4 Å². The molecule has 0 saturated heterocycles. The summed E-state index contributed by atoms with van der Waals surface area (Å²) >= 11 is 0. The molecule has 0 amide bonds. The van der Waals surface area contributed by atoms with Crippen LogP contribution in [-0.2, 0) is 0 Å². The van der Waals surface area contributed by atoms with Gasteiger partial charge in [-0.15, -0.1) is 0 Å². The molecule has 0 atom stereocenters. The Labute approximate surface area is 130 Å². The smallest absolute Gasteiger partial charge is 0.119 e. The van der Waals surface area contributed by atoms with Crippen molar-refractivity contribution >= 4 is 10.9 Å². The van der Waals surface area contributed by atoms with E-state index >= 15 is 0 Å². The van der Waals surface area contributed by atoms with Gasteiger partial charge in [0, 0.05) is 5.39 Å². The van der Waals surface area contributed by atoms with E-state index in [1.807, 2.05) is 41.1 Å². The predicted octanol–water partition coefficient (Wildman–Crippen LogP) is 4.17. The van der Waals surface area contributed by atoms with Crippen molar-refractivity contribution < 1.29 is 9.47 Å². The van der Waals surface area contributed by atoms with Gasteiger partial charge in [0.05, 0.1) is 31.1 Å². The molecule has 0 aliphatic rings. The lowest BCUT2D eigenvalue weighted by Gasteiger charge is -2.11. The molecule has 4 nitrogen and oxygen atoms in total. The van der Waals surface area contributed by atoms with Crippen molar-refractivity contribution in [2.45, 2.75) is 19.8 Å². The normalized spacial score (nSPS) is 11.1. The van der Waals surface area contributed by atoms with Gasteiger partial charge in [0.15, 0.2) is 0 Å². The minimum Gasteiger partial charge on any atom is -0.497 e. The van der Waals surface area contributed by atoms with Crippen LogP contribution in [0, 0.1) is 0 Å². The maximum Gasteiger partial charge on any atom is 0.119 e. The standard InChI is InChI=1S/C18H20N2O2/c1-12(2)18-16-11-15(22-4)9-10-17(16)19-20(18)13-5-7-14(21-3)8-6-13/h5-12H,1-4H3. The fraction of sp³-hybridized carbons (Fsp3) is 0.278. The van der Waals surface area contributed by atoms with Crippen LogP contribution in [0.15, 0.2) is 42.5 Å². The van der Waals surface area contributed by atoms with Crippen LogP contribution < -0.4 is 9.47 Å². The maximum atomic E-state index is 5.35. The molecule has 22 heavy (non-hydrogen) atoms. The minimum absolute atomic E-state index is 0.346. The Morgan fingerprint density at radius 1 is 0.909 bits per heavy atom. The minimum atomic E-state index is 0.346.